The van der Waals surface area contributed by atoms with Crippen molar-refractivity contribution in [3.63, 3.8) is 0 Å². The Morgan fingerprint density at radius 1 is 1.45 bits per heavy atom. The minimum Gasteiger partial charge on any atom is -0.497 e. The van der Waals surface area contributed by atoms with Crippen LogP contribution in [0.4, 0.5) is 5.69 Å². The van der Waals surface area contributed by atoms with E-state index in [1.54, 1.807) is 25.3 Å². The summed E-state index contributed by atoms with van der Waals surface area (Å²) in [6, 6.07) is 4.98. The first-order valence-corrected chi connectivity index (χ1v) is 6.99. The normalized spacial score (nSPS) is 22.3. The van der Waals surface area contributed by atoms with Crippen molar-refractivity contribution in [3.8, 4) is 5.75 Å². The van der Waals surface area contributed by atoms with Gasteiger partial charge in [-0.1, -0.05) is 6.42 Å². The molecule has 0 aromatic heterocycles. The number of rotatable bonds is 4. The first-order valence-electron chi connectivity index (χ1n) is 6.99. The first kappa shape index (κ1) is 14.7. The van der Waals surface area contributed by atoms with Crippen LogP contribution in [0.15, 0.2) is 18.2 Å². The Kier molecular flexibility index (Phi) is 4.84. The largest absolute Gasteiger partial charge is 0.497 e. The van der Waals surface area contributed by atoms with Gasteiger partial charge in [-0.3, -0.25) is 4.79 Å². The fourth-order valence-electron chi connectivity index (χ4n) is 2.66. The maximum absolute atomic E-state index is 12.1. The molecule has 5 heteroatoms. The Hall–Kier alpha value is -1.75. The van der Waals surface area contributed by atoms with Crippen molar-refractivity contribution in [2.24, 2.45) is 5.92 Å². The molecular formula is C15H22N2O3. The lowest BCUT2D eigenvalue weighted by molar-refractivity contribution is 0.0873. The highest BCUT2D eigenvalue weighted by molar-refractivity contribution is 5.95. The Bertz CT molecular complexity index is 476. The molecule has 110 valence electrons. The van der Waals surface area contributed by atoms with Crippen LogP contribution in [-0.4, -0.2) is 30.8 Å². The van der Waals surface area contributed by atoms with E-state index in [0.717, 1.165) is 25.7 Å². The maximum Gasteiger partial charge on any atom is 0.251 e. The van der Waals surface area contributed by atoms with E-state index in [2.05, 4.69) is 5.32 Å². The van der Waals surface area contributed by atoms with Crippen molar-refractivity contribution < 1.29 is 14.6 Å². The van der Waals surface area contributed by atoms with Gasteiger partial charge in [-0.2, -0.15) is 0 Å². The number of ether oxygens (including phenoxy) is 1. The summed E-state index contributed by atoms with van der Waals surface area (Å²) in [5.41, 5.74) is 6.74. The Morgan fingerprint density at radius 2 is 2.25 bits per heavy atom. The summed E-state index contributed by atoms with van der Waals surface area (Å²) in [5, 5.41) is 12.5. The third-order valence-corrected chi connectivity index (χ3v) is 3.73. The molecule has 0 bridgehead atoms. The van der Waals surface area contributed by atoms with Gasteiger partial charge < -0.3 is 20.9 Å². The van der Waals surface area contributed by atoms with E-state index in [4.69, 9.17) is 10.5 Å². The molecule has 5 nitrogen and oxygen atoms in total. The molecule has 1 aliphatic carbocycles. The number of amides is 1. The van der Waals surface area contributed by atoms with E-state index in [-0.39, 0.29) is 12.0 Å². The highest BCUT2D eigenvalue weighted by atomic mass is 16.5. The standard InChI is InChI=1S/C15H22N2O3/c1-20-14-7-11(6-12(16)8-14)15(19)17-9-10-3-2-4-13(18)5-10/h6-8,10,13,18H,2-5,9,16H2,1H3,(H,17,19). The SMILES string of the molecule is COc1cc(N)cc(C(=O)NCC2CCCC(O)C2)c1. The van der Waals surface area contributed by atoms with E-state index in [1.807, 2.05) is 0 Å². The van der Waals surface area contributed by atoms with Crippen LogP contribution in [0, 0.1) is 5.92 Å². The number of benzene rings is 1. The molecule has 1 fully saturated rings. The number of nitrogens with one attached hydrogen (secondary N) is 1. The molecule has 1 aromatic rings. The number of carbonyl (C=O) groups is 1. The smallest absolute Gasteiger partial charge is 0.251 e. The number of methoxy groups -OCH3 is 1. The average molecular weight is 278 g/mol. The number of anilines is 1. The number of hydrogen-bond acceptors (Lipinski definition) is 4. The highest BCUT2D eigenvalue weighted by Gasteiger charge is 2.20. The average Bonchev–Trinajstić information content (AvgIpc) is 2.44. The predicted molar refractivity (Wildman–Crippen MR) is 77.7 cm³/mol. The Labute approximate surface area is 119 Å². The van der Waals surface area contributed by atoms with E-state index in [9.17, 15) is 9.90 Å². The van der Waals surface area contributed by atoms with Crippen LogP contribution in [0.3, 0.4) is 0 Å². The van der Waals surface area contributed by atoms with Gasteiger partial charge in [0.2, 0.25) is 0 Å². The van der Waals surface area contributed by atoms with E-state index in [0.29, 0.717) is 29.5 Å². The lowest BCUT2D eigenvalue weighted by Gasteiger charge is -2.25. The molecule has 0 aliphatic heterocycles. The molecular weight excluding hydrogens is 256 g/mol. The van der Waals surface area contributed by atoms with Crippen LogP contribution in [0.1, 0.15) is 36.0 Å². The quantitative estimate of drug-likeness (QED) is 0.730. The second-order valence-electron chi connectivity index (χ2n) is 5.39. The van der Waals surface area contributed by atoms with Gasteiger partial charge in [0, 0.05) is 23.9 Å². The first-order chi connectivity index (χ1) is 9.58. The minimum absolute atomic E-state index is 0.157. The number of nitrogens with two attached hydrogens (primary N) is 1. The topological polar surface area (TPSA) is 84.6 Å². The second kappa shape index (κ2) is 6.61. The van der Waals surface area contributed by atoms with Gasteiger partial charge in [-0.25, -0.2) is 0 Å². The lowest BCUT2D eigenvalue weighted by atomic mass is 9.87. The van der Waals surface area contributed by atoms with Crippen LogP contribution >= 0.6 is 0 Å². The van der Waals surface area contributed by atoms with Crippen molar-refractivity contribution >= 4 is 11.6 Å². The van der Waals surface area contributed by atoms with Crippen molar-refractivity contribution in [1.29, 1.82) is 0 Å². The van der Waals surface area contributed by atoms with Crippen LogP contribution in [-0.2, 0) is 0 Å². The third kappa shape index (κ3) is 3.87. The molecule has 4 N–H and O–H groups in total. The molecule has 2 atom stereocenters. The summed E-state index contributed by atoms with van der Waals surface area (Å²) >= 11 is 0. The monoisotopic (exact) mass is 278 g/mol. The van der Waals surface area contributed by atoms with Gasteiger partial charge >= 0.3 is 0 Å². The van der Waals surface area contributed by atoms with Crippen LogP contribution in [0.5, 0.6) is 5.75 Å². The minimum atomic E-state index is -0.224. The second-order valence-corrected chi connectivity index (χ2v) is 5.39. The van der Waals surface area contributed by atoms with Crippen LogP contribution in [0.25, 0.3) is 0 Å². The van der Waals surface area contributed by atoms with Crippen molar-refractivity contribution in [1.82, 2.24) is 5.32 Å². The van der Waals surface area contributed by atoms with Gasteiger partial charge in [0.1, 0.15) is 5.75 Å². The van der Waals surface area contributed by atoms with Crippen molar-refractivity contribution in [2.75, 3.05) is 19.4 Å². The number of hydrogen-bond donors (Lipinski definition) is 3. The van der Waals surface area contributed by atoms with E-state index >= 15 is 0 Å². The zero-order chi connectivity index (χ0) is 14.5. The van der Waals surface area contributed by atoms with Crippen LogP contribution < -0.4 is 15.8 Å². The molecule has 0 heterocycles. The predicted octanol–water partition coefficient (Wildman–Crippen LogP) is 1.56. The zero-order valence-corrected chi connectivity index (χ0v) is 11.8. The van der Waals surface area contributed by atoms with Crippen LogP contribution in [0.2, 0.25) is 0 Å². The highest BCUT2D eigenvalue weighted by Crippen LogP contribution is 2.24. The summed E-state index contributed by atoms with van der Waals surface area (Å²) < 4.78 is 5.10. The summed E-state index contributed by atoms with van der Waals surface area (Å²) in [7, 11) is 1.54. The molecule has 1 amide bonds. The lowest BCUT2D eigenvalue weighted by Crippen LogP contribution is -2.33. The maximum atomic E-state index is 12.1. The molecule has 20 heavy (non-hydrogen) atoms. The molecule has 2 unspecified atom stereocenters. The van der Waals surface area contributed by atoms with Crippen molar-refractivity contribution in [3.05, 3.63) is 23.8 Å². The summed E-state index contributed by atoms with van der Waals surface area (Å²) in [4.78, 5) is 12.1. The molecule has 1 saturated carbocycles. The zero-order valence-electron chi connectivity index (χ0n) is 11.8. The number of aliphatic hydroxyl groups excluding tert-OH is 1. The molecule has 0 radical (unpaired) electrons. The summed E-state index contributed by atoms with van der Waals surface area (Å²) in [6.07, 6.45) is 3.49. The fourth-order valence-corrected chi connectivity index (χ4v) is 2.66. The molecule has 2 rings (SSSR count). The van der Waals surface area contributed by atoms with Gasteiger partial charge in [0.05, 0.1) is 13.2 Å². The number of carbonyl (C=O) groups excluding carboxylic acids is 1. The Morgan fingerprint density at radius 3 is 2.95 bits per heavy atom. The van der Waals surface area contributed by atoms with E-state index in [1.165, 1.54) is 0 Å². The number of aliphatic hydroxyl groups is 1. The summed E-state index contributed by atoms with van der Waals surface area (Å²) in [6.45, 7) is 0.590. The van der Waals surface area contributed by atoms with Gasteiger partial charge in [0.25, 0.3) is 5.91 Å². The molecule has 1 aromatic carbocycles. The number of nitrogen functional groups attached to an aromatic ring is 1. The van der Waals surface area contributed by atoms with Gasteiger partial charge in [-0.15, -0.1) is 0 Å². The third-order valence-electron chi connectivity index (χ3n) is 3.73. The molecule has 0 saturated heterocycles. The molecule has 1 aliphatic rings. The van der Waals surface area contributed by atoms with Crippen molar-refractivity contribution in [2.45, 2.75) is 31.8 Å². The Balaban J connectivity index is 1.93. The van der Waals surface area contributed by atoms with Gasteiger partial charge in [0.15, 0.2) is 0 Å². The fraction of sp³-hybridized carbons (Fsp3) is 0.533. The summed E-state index contributed by atoms with van der Waals surface area (Å²) in [5.74, 6) is 0.768. The van der Waals surface area contributed by atoms with Gasteiger partial charge in [-0.05, 0) is 37.3 Å². The molecule has 0 spiro atoms. The van der Waals surface area contributed by atoms with E-state index < -0.39 is 0 Å².